The summed E-state index contributed by atoms with van der Waals surface area (Å²) in [5, 5.41) is 0. The second-order valence-electron chi connectivity index (χ2n) is 4.56. The number of hydrogen-bond donors (Lipinski definition) is 1. The van der Waals surface area contributed by atoms with Crippen molar-refractivity contribution in [1.29, 1.82) is 0 Å². The van der Waals surface area contributed by atoms with E-state index in [0.29, 0.717) is 13.0 Å². The van der Waals surface area contributed by atoms with Crippen LogP contribution in [0.1, 0.15) is 26.2 Å². The molecule has 0 aromatic carbocycles. The van der Waals surface area contributed by atoms with E-state index in [9.17, 15) is 8.42 Å². The predicted octanol–water partition coefficient (Wildman–Crippen LogP) is 0.565. The highest BCUT2D eigenvalue weighted by molar-refractivity contribution is 7.90. The Balaban J connectivity index is 2.47. The van der Waals surface area contributed by atoms with Gasteiger partial charge in [-0.15, -0.1) is 0 Å². The maximum Gasteiger partial charge on any atom is 0.147 e. The van der Waals surface area contributed by atoms with Crippen molar-refractivity contribution >= 4 is 9.84 Å². The second kappa shape index (κ2) is 4.80. The minimum Gasteiger partial charge on any atom is -0.378 e. The van der Waals surface area contributed by atoms with Gasteiger partial charge in [0.2, 0.25) is 0 Å². The van der Waals surface area contributed by atoms with Gasteiger partial charge in [-0.25, -0.2) is 8.42 Å². The minimum absolute atomic E-state index is 0.00465. The molecule has 0 saturated carbocycles. The van der Waals surface area contributed by atoms with E-state index in [1.54, 1.807) is 0 Å². The molecule has 2 N–H and O–H groups in total. The first-order chi connectivity index (χ1) is 6.90. The molecule has 0 aromatic heterocycles. The number of sulfone groups is 1. The fourth-order valence-corrected chi connectivity index (χ4v) is 2.87. The molecule has 90 valence electrons. The Labute approximate surface area is 92.1 Å². The van der Waals surface area contributed by atoms with E-state index in [0.717, 1.165) is 19.4 Å². The van der Waals surface area contributed by atoms with Crippen molar-refractivity contribution in [2.45, 2.75) is 32.3 Å². The third kappa shape index (κ3) is 3.43. The molecule has 0 aromatic rings. The van der Waals surface area contributed by atoms with Gasteiger partial charge in [-0.1, -0.05) is 0 Å². The van der Waals surface area contributed by atoms with Crippen molar-refractivity contribution < 1.29 is 13.2 Å². The van der Waals surface area contributed by atoms with Gasteiger partial charge in [-0.05, 0) is 26.2 Å². The predicted molar refractivity (Wildman–Crippen MR) is 60.5 cm³/mol. The summed E-state index contributed by atoms with van der Waals surface area (Å²) in [6, 6.07) is 0. The van der Waals surface area contributed by atoms with E-state index in [1.165, 1.54) is 6.26 Å². The van der Waals surface area contributed by atoms with Crippen molar-refractivity contribution in [3.8, 4) is 0 Å². The molecule has 0 spiro atoms. The smallest absolute Gasteiger partial charge is 0.147 e. The highest BCUT2D eigenvalue weighted by atomic mass is 32.2. The van der Waals surface area contributed by atoms with Gasteiger partial charge < -0.3 is 10.5 Å². The van der Waals surface area contributed by atoms with E-state index in [-0.39, 0.29) is 17.3 Å². The molecular formula is C10H21NO3S. The fraction of sp³-hybridized carbons (Fsp3) is 1.00. The normalized spacial score (nSPS) is 32.1. The Hall–Kier alpha value is -0.130. The van der Waals surface area contributed by atoms with E-state index in [4.69, 9.17) is 10.5 Å². The molecule has 1 saturated heterocycles. The summed E-state index contributed by atoms with van der Waals surface area (Å²) < 4.78 is 27.5. The molecule has 1 aliphatic rings. The molecule has 4 nitrogen and oxygen atoms in total. The van der Waals surface area contributed by atoms with Gasteiger partial charge in [0.15, 0.2) is 0 Å². The molecule has 5 heteroatoms. The summed E-state index contributed by atoms with van der Waals surface area (Å²) in [5.41, 5.74) is 5.78. The molecule has 2 unspecified atom stereocenters. The lowest BCUT2D eigenvalue weighted by atomic mass is 9.78. The van der Waals surface area contributed by atoms with Crippen molar-refractivity contribution in [3.05, 3.63) is 0 Å². The minimum atomic E-state index is -2.85. The van der Waals surface area contributed by atoms with Crippen molar-refractivity contribution in [1.82, 2.24) is 0 Å². The largest absolute Gasteiger partial charge is 0.378 e. The Morgan fingerprint density at radius 1 is 1.53 bits per heavy atom. The Kier molecular flexibility index (Phi) is 4.14. The topological polar surface area (TPSA) is 69.4 Å². The van der Waals surface area contributed by atoms with Crippen LogP contribution in [0.4, 0.5) is 0 Å². The molecule has 1 rings (SSSR count). The lowest BCUT2D eigenvalue weighted by Crippen LogP contribution is -2.37. The summed E-state index contributed by atoms with van der Waals surface area (Å²) in [6.07, 6.45) is 3.91. The maximum atomic E-state index is 11.0. The van der Waals surface area contributed by atoms with Gasteiger partial charge >= 0.3 is 0 Å². The summed E-state index contributed by atoms with van der Waals surface area (Å²) in [4.78, 5) is 0. The molecule has 0 aliphatic carbocycles. The van der Waals surface area contributed by atoms with Crippen LogP contribution in [0.5, 0.6) is 0 Å². The van der Waals surface area contributed by atoms with Crippen LogP contribution in [-0.4, -0.2) is 39.7 Å². The summed E-state index contributed by atoms with van der Waals surface area (Å²) in [6.45, 7) is 3.36. The van der Waals surface area contributed by atoms with E-state index in [1.807, 2.05) is 6.92 Å². The van der Waals surface area contributed by atoms with Crippen molar-refractivity contribution in [3.63, 3.8) is 0 Å². The van der Waals surface area contributed by atoms with Crippen molar-refractivity contribution in [2.24, 2.45) is 11.1 Å². The quantitative estimate of drug-likeness (QED) is 0.756. The Bertz CT molecular complexity index is 302. The first kappa shape index (κ1) is 12.9. The Morgan fingerprint density at radius 3 is 2.60 bits per heavy atom. The van der Waals surface area contributed by atoms with Crippen LogP contribution in [0.3, 0.4) is 0 Å². The first-order valence-electron chi connectivity index (χ1n) is 5.39. The average molecular weight is 235 g/mol. The van der Waals surface area contributed by atoms with E-state index >= 15 is 0 Å². The van der Waals surface area contributed by atoms with E-state index < -0.39 is 9.84 Å². The number of hydrogen-bond acceptors (Lipinski definition) is 4. The van der Waals surface area contributed by atoms with Gasteiger partial charge in [-0.2, -0.15) is 0 Å². The summed E-state index contributed by atoms with van der Waals surface area (Å²) in [7, 11) is -2.85. The maximum absolute atomic E-state index is 11.0. The van der Waals surface area contributed by atoms with Crippen LogP contribution in [0.25, 0.3) is 0 Å². The third-order valence-electron chi connectivity index (χ3n) is 3.43. The number of rotatable bonds is 5. The SMILES string of the molecule is CC1OCCC1(CN)CCCS(C)(=O)=O. The van der Waals surface area contributed by atoms with Gasteiger partial charge in [0.1, 0.15) is 9.84 Å². The molecule has 2 atom stereocenters. The zero-order valence-electron chi connectivity index (χ0n) is 9.53. The molecular weight excluding hydrogens is 214 g/mol. The highest BCUT2D eigenvalue weighted by Gasteiger charge is 2.39. The molecule has 0 radical (unpaired) electrons. The van der Waals surface area contributed by atoms with Gasteiger partial charge in [-0.3, -0.25) is 0 Å². The van der Waals surface area contributed by atoms with Crippen LogP contribution in [0.15, 0.2) is 0 Å². The lowest BCUT2D eigenvalue weighted by Gasteiger charge is -2.30. The second-order valence-corrected chi connectivity index (χ2v) is 6.82. The summed E-state index contributed by atoms with van der Waals surface area (Å²) in [5.74, 6) is 0.251. The lowest BCUT2D eigenvalue weighted by molar-refractivity contribution is 0.0627. The van der Waals surface area contributed by atoms with Crippen LogP contribution < -0.4 is 5.73 Å². The summed E-state index contributed by atoms with van der Waals surface area (Å²) >= 11 is 0. The van der Waals surface area contributed by atoms with Crippen molar-refractivity contribution in [2.75, 3.05) is 25.2 Å². The molecule has 1 aliphatic heterocycles. The van der Waals surface area contributed by atoms with Gasteiger partial charge in [0, 0.05) is 30.6 Å². The molecule has 1 fully saturated rings. The standard InChI is InChI=1S/C10H21NO3S/c1-9-10(8-11,5-6-14-9)4-3-7-15(2,12)13/h9H,3-8,11H2,1-2H3. The Morgan fingerprint density at radius 2 is 2.20 bits per heavy atom. The molecule has 15 heavy (non-hydrogen) atoms. The number of ether oxygens (including phenoxy) is 1. The van der Waals surface area contributed by atoms with Crippen LogP contribution in [0.2, 0.25) is 0 Å². The average Bonchev–Trinajstić information content (AvgIpc) is 2.46. The van der Waals surface area contributed by atoms with Crippen LogP contribution in [-0.2, 0) is 14.6 Å². The first-order valence-corrected chi connectivity index (χ1v) is 7.45. The molecule has 0 amide bonds. The fourth-order valence-electron chi connectivity index (χ4n) is 2.20. The van der Waals surface area contributed by atoms with Gasteiger partial charge in [0.05, 0.1) is 6.10 Å². The van der Waals surface area contributed by atoms with Crippen LogP contribution >= 0.6 is 0 Å². The zero-order chi connectivity index (χ0) is 11.5. The van der Waals surface area contributed by atoms with Gasteiger partial charge in [0.25, 0.3) is 0 Å². The third-order valence-corrected chi connectivity index (χ3v) is 4.46. The van der Waals surface area contributed by atoms with E-state index in [2.05, 4.69) is 0 Å². The molecule has 0 bridgehead atoms. The monoisotopic (exact) mass is 235 g/mol. The zero-order valence-corrected chi connectivity index (χ0v) is 10.3. The number of nitrogens with two attached hydrogens (primary N) is 1. The molecule has 1 heterocycles. The van der Waals surface area contributed by atoms with Crippen LogP contribution in [0, 0.1) is 5.41 Å². The highest BCUT2D eigenvalue weighted by Crippen LogP contribution is 2.38.